The quantitative estimate of drug-likeness (QED) is 0.850. The van der Waals surface area contributed by atoms with Gasteiger partial charge >= 0.3 is 0 Å². The predicted octanol–water partition coefficient (Wildman–Crippen LogP) is 3.74. The van der Waals surface area contributed by atoms with E-state index >= 15 is 0 Å². The van der Waals surface area contributed by atoms with E-state index in [1.807, 2.05) is 27.7 Å². The summed E-state index contributed by atoms with van der Waals surface area (Å²) >= 11 is -1.22. The summed E-state index contributed by atoms with van der Waals surface area (Å²) in [7, 11) is 0. The minimum absolute atomic E-state index is 0.0114. The Bertz CT molecular complexity index is 393. The molecule has 0 radical (unpaired) electrons. The van der Waals surface area contributed by atoms with Crippen molar-refractivity contribution >= 4 is 11.4 Å². The highest BCUT2D eigenvalue weighted by atomic mass is 32.2. The van der Waals surface area contributed by atoms with Crippen LogP contribution in [0.4, 0.5) is 8.78 Å². The first-order valence-electron chi connectivity index (χ1n) is 5.78. The van der Waals surface area contributed by atoms with E-state index in [2.05, 4.69) is 4.72 Å². The van der Waals surface area contributed by atoms with E-state index in [0.717, 1.165) is 0 Å². The van der Waals surface area contributed by atoms with Gasteiger partial charge in [0.25, 0.3) is 6.43 Å². The molecular weight excluding hydrogens is 256 g/mol. The van der Waals surface area contributed by atoms with Crippen molar-refractivity contribution in [1.82, 2.24) is 4.72 Å². The van der Waals surface area contributed by atoms with Crippen LogP contribution < -0.4 is 4.72 Å². The summed E-state index contributed by atoms with van der Waals surface area (Å²) < 4.78 is 39.6. The molecule has 1 rings (SSSR count). The molecule has 0 saturated carbocycles. The molecule has 102 valence electrons. The van der Waals surface area contributed by atoms with Gasteiger partial charge in [-0.15, -0.1) is 4.72 Å². The largest absolute Gasteiger partial charge is 0.598 e. The average molecular weight is 275 g/mol. The maximum atomic E-state index is 12.6. The van der Waals surface area contributed by atoms with Crippen LogP contribution in [0.5, 0.6) is 0 Å². The molecule has 0 fully saturated rings. The number of hydrogen-bond donors (Lipinski definition) is 1. The van der Waals surface area contributed by atoms with Crippen molar-refractivity contribution < 1.29 is 13.3 Å². The van der Waals surface area contributed by atoms with Crippen LogP contribution in [0.15, 0.2) is 24.3 Å². The highest BCUT2D eigenvalue weighted by molar-refractivity contribution is 7.90. The molecule has 0 aromatic heterocycles. The van der Waals surface area contributed by atoms with E-state index in [0.29, 0.717) is 5.56 Å². The number of halogens is 2. The van der Waals surface area contributed by atoms with Crippen LogP contribution in [0.25, 0.3) is 0 Å². The number of nitrogens with one attached hydrogen (secondary N) is 1. The SMILES string of the molecule is C[C@@H](N[S@+]([O-])C(C)(C)C)c1cccc(C(F)F)c1. The van der Waals surface area contributed by atoms with Crippen LogP contribution in [-0.2, 0) is 11.4 Å². The molecular formula is C13H19F2NOS. The number of alkyl halides is 2. The fraction of sp³-hybridized carbons (Fsp3) is 0.538. The van der Waals surface area contributed by atoms with Gasteiger partial charge in [-0.3, -0.25) is 0 Å². The number of rotatable bonds is 4. The first-order chi connectivity index (χ1) is 8.21. The molecule has 0 amide bonds. The van der Waals surface area contributed by atoms with Gasteiger partial charge in [0, 0.05) is 16.9 Å². The summed E-state index contributed by atoms with van der Waals surface area (Å²) in [6.07, 6.45) is -2.48. The van der Waals surface area contributed by atoms with Gasteiger partial charge in [-0.2, -0.15) is 0 Å². The lowest BCUT2D eigenvalue weighted by atomic mass is 10.1. The van der Waals surface area contributed by atoms with Crippen LogP contribution in [0, 0.1) is 0 Å². The van der Waals surface area contributed by atoms with Gasteiger partial charge < -0.3 is 4.55 Å². The van der Waals surface area contributed by atoms with E-state index in [-0.39, 0.29) is 16.4 Å². The number of hydrogen-bond acceptors (Lipinski definition) is 2. The molecule has 2 atom stereocenters. The molecule has 0 heterocycles. The molecule has 1 aromatic rings. The Balaban J connectivity index is 2.78. The molecule has 0 spiro atoms. The maximum Gasteiger partial charge on any atom is 0.263 e. The lowest BCUT2D eigenvalue weighted by molar-refractivity contribution is 0.151. The maximum absolute atomic E-state index is 12.6. The van der Waals surface area contributed by atoms with Gasteiger partial charge in [0.05, 0.1) is 6.04 Å². The van der Waals surface area contributed by atoms with Gasteiger partial charge in [0.2, 0.25) is 0 Å². The van der Waals surface area contributed by atoms with E-state index < -0.39 is 17.8 Å². The summed E-state index contributed by atoms with van der Waals surface area (Å²) in [6, 6.07) is 5.95. The first-order valence-corrected chi connectivity index (χ1v) is 6.93. The minimum atomic E-state index is -2.48. The fourth-order valence-corrected chi connectivity index (χ4v) is 2.18. The van der Waals surface area contributed by atoms with Crippen LogP contribution in [0.3, 0.4) is 0 Å². The molecule has 0 saturated heterocycles. The predicted molar refractivity (Wildman–Crippen MR) is 70.8 cm³/mol. The smallest absolute Gasteiger partial charge is 0.263 e. The van der Waals surface area contributed by atoms with Gasteiger partial charge in [-0.25, -0.2) is 8.78 Å². The van der Waals surface area contributed by atoms with Gasteiger partial charge in [0.1, 0.15) is 4.75 Å². The van der Waals surface area contributed by atoms with Crippen molar-refractivity contribution in [3.63, 3.8) is 0 Å². The van der Waals surface area contributed by atoms with Crippen molar-refractivity contribution in [3.8, 4) is 0 Å². The van der Waals surface area contributed by atoms with Crippen LogP contribution >= 0.6 is 0 Å². The van der Waals surface area contributed by atoms with Gasteiger partial charge in [0.15, 0.2) is 0 Å². The zero-order valence-electron chi connectivity index (χ0n) is 11.0. The molecule has 0 aliphatic heterocycles. The molecule has 0 aliphatic rings. The third kappa shape index (κ3) is 4.23. The molecule has 1 aromatic carbocycles. The topological polar surface area (TPSA) is 35.1 Å². The summed E-state index contributed by atoms with van der Waals surface area (Å²) in [5, 5.41) is 0. The molecule has 18 heavy (non-hydrogen) atoms. The van der Waals surface area contributed by atoms with Crippen LogP contribution in [-0.4, -0.2) is 9.30 Å². The summed E-state index contributed by atoms with van der Waals surface area (Å²) in [4.78, 5) is 0. The number of benzene rings is 1. The third-order valence-corrected chi connectivity index (χ3v) is 4.18. The van der Waals surface area contributed by atoms with Crippen molar-refractivity contribution in [2.24, 2.45) is 0 Å². The molecule has 0 aliphatic carbocycles. The Kier molecular flexibility index (Phi) is 5.13. The Morgan fingerprint density at radius 3 is 2.28 bits per heavy atom. The van der Waals surface area contributed by atoms with Crippen LogP contribution in [0.2, 0.25) is 0 Å². The standard InChI is InChI=1S/C13H19F2NOS/c1-9(16-18(17)13(2,3)4)10-6-5-7-11(8-10)12(14)15/h5-9,12,16H,1-4H3/t9-,18-/m1/s1. The van der Waals surface area contributed by atoms with Crippen molar-refractivity contribution in [2.45, 2.75) is 44.9 Å². The Morgan fingerprint density at radius 2 is 1.78 bits per heavy atom. The Hall–Kier alpha value is -0.650. The van der Waals surface area contributed by atoms with Crippen molar-refractivity contribution in [2.75, 3.05) is 0 Å². The molecule has 5 heteroatoms. The molecule has 2 nitrogen and oxygen atoms in total. The van der Waals surface area contributed by atoms with Crippen molar-refractivity contribution in [1.29, 1.82) is 0 Å². The highest BCUT2D eigenvalue weighted by Gasteiger charge is 2.28. The van der Waals surface area contributed by atoms with E-state index in [1.165, 1.54) is 12.1 Å². The third-order valence-electron chi connectivity index (χ3n) is 2.50. The normalized spacial score (nSPS) is 15.8. The Morgan fingerprint density at radius 1 is 1.22 bits per heavy atom. The molecule has 0 unspecified atom stereocenters. The second kappa shape index (κ2) is 5.99. The highest BCUT2D eigenvalue weighted by Crippen LogP contribution is 2.24. The monoisotopic (exact) mass is 275 g/mol. The summed E-state index contributed by atoms with van der Waals surface area (Å²) in [5.74, 6) is 0. The lowest BCUT2D eigenvalue weighted by Crippen LogP contribution is -2.40. The fourth-order valence-electron chi connectivity index (χ4n) is 1.37. The Labute approximate surface area is 110 Å². The summed E-state index contributed by atoms with van der Waals surface area (Å²) in [6.45, 7) is 7.39. The van der Waals surface area contributed by atoms with E-state index in [1.54, 1.807) is 12.1 Å². The van der Waals surface area contributed by atoms with E-state index in [4.69, 9.17) is 0 Å². The average Bonchev–Trinajstić information content (AvgIpc) is 2.27. The molecule has 0 bridgehead atoms. The van der Waals surface area contributed by atoms with Gasteiger partial charge in [-0.05, 0) is 39.3 Å². The minimum Gasteiger partial charge on any atom is -0.598 e. The first kappa shape index (κ1) is 15.4. The van der Waals surface area contributed by atoms with Crippen molar-refractivity contribution in [3.05, 3.63) is 35.4 Å². The van der Waals surface area contributed by atoms with E-state index in [9.17, 15) is 13.3 Å². The van der Waals surface area contributed by atoms with Crippen LogP contribution in [0.1, 0.15) is 51.3 Å². The zero-order valence-corrected chi connectivity index (χ0v) is 11.9. The zero-order chi connectivity index (χ0) is 13.9. The lowest BCUT2D eigenvalue weighted by Gasteiger charge is -2.26. The molecule has 1 N–H and O–H groups in total. The second-order valence-electron chi connectivity index (χ2n) is 5.19. The summed E-state index contributed by atoms with van der Waals surface area (Å²) in [5.41, 5.74) is 0.702. The second-order valence-corrected chi connectivity index (χ2v) is 7.19. The van der Waals surface area contributed by atoms with Gasteiger partial charge in [-0.1, -0.05) is 18.2 Å².